The molecule has 0 bridgehead atoms. The molecule has 0 aliphatic carbocycles. The van der Waals surface area contributed by atoms with E-state index in [1.165, 1.54) is 30.6 Å². The molecule has 3 amide bonds. The van der Waals surface area contributed by atoms with Crippen molar-refractivity contribution in [3.63, 3.8) is 0 Å². The van der Waals surface area contributed by atoms with E-state index in [1.54, 1.807) is 24.3 Å². The zero-order valence-electron chi connectivity index (χ0n) is 17.1. The van der Waals surface area contributed by atoms with Crippen LogP contribution in [-0.2, 0) is 6.54 Å². The Labute approximate surface area is 185 Å². The highest BCUT2D eigenvalue weighted by Gasteiger charge is 2.14. The SMILES string of the molecule is O=C(Nc1ccccc1)Nc1ccc(C(=O)Nc2nc(CN3CCCCC3)cs2)cc1. The van der Waals surface area contributed by atoms with Gasteiger partial charge in [-0.25, -0.2) is 9.78 Å². The van der Waals surface area contributed by atoms with Crippen LogP contribution in [0.25, 0.3) is 0 Å². The molecule has 2 aromatic carbocycles. The molecule has 7 nitrogen and oxygen atoms in total. The Morgan fingerprint density at radius 2 is 1.55 bits per heavy atom. The van der Waals surface area contributed by atoms with Crippen molar-refractivity contribution in [1.29, 1.82) is 0 Å². The number of carbonyl (C=O) groups is 2. The van der Waals surface area contributed by atoms with Crippen molar-refractivity contribution in [2.45, 2.75) is 25.8 Å². The molecule has 1 aliphatic heterocycles. The highest BCUT2D eigenvalue weighted by molar-refractivity contribution is 7.14. The molecule has 160 valence electrons. The van der Waals surface area contributed by atoms with Gasteiger partial charge >= 0.3 is 6.03 Å². The van der Waals surface area contributed by atoms with Crippen LogP contribution in [0.1, 0.15) is 35.3 Å². The summed E-state index contributed by atoms with van der Waals surface area (Å²) < 4.78 is 0. The molecule has 0 unspecified atom stereocenters. The summed E-state index contributed by atoms with van der Waals surface area (Å²) in [5.74, 6) is -0.223. The maximum absolute atomic E-state index is 12.5. The van der Waals surface area contributed by atoms with Gasteiger partial charge in [0.25, 0.3) is 5.91 Å². The average Bonchev–Trinajstić information content (AvgIpc) is 3.22. The number of aromatic nitrogens is 1. The van der Waals surface area contributed by atoms with Crippen molar-refractivity contribution < 1.29 is 9.59 Å². The molecular weight excluding hydrogens is 410 g/mol. The first-order valence-corrected chi connectivity index (χ1v) is 11.2. The molecule has 3 aromatic rings. The van der Waals surface area contributed by atoms with Crippen LogP contribution in [0.3, 0.4) is 0 Å². The molecule has 1 saturated heterocycles. The van der Waals surface area contributed by atoms with Crippen LogP contribution in [0.5, 0.6) is 0 Å². The smallest absolute Gasteiger partial charge is 0.308 e. The molecule has 0 radical (unpaired) electrons. The molecular formula is C23H25N5O2S. The summed E-state index contributed by atoms with van der Waals surface area (Å²) in [5, 5.41) is 11.0. The van der Waals surface area contributed by atoms with E-state index in [0.29, 0.717) is 22.1 Å². The Hall–Kier alpha value is -3.23. The van der Waals surface area contributed by atoms with Crippen LogP contribution < -0.4 is 16.0 Å². The van der Waals surface area contributed by atoms with Crippen LogP contribution >= 0.6 is 11.3 Å². The predicted octanol–water partition coefficient (Wildman–Crippen LogP) is 5.03. The molecule has 1 aromatic heterocycles. The summed E-state index contributed by atoms with van der Waals surface area (Å²) in [7, 11) is 0. The van der Waals surface area contributed by atoms with E-state index < -0.39 is 0 Å². The minimum atomic E-state index is -0.340. The number of hydrogen-bond donors (Lipinski definition) is 3. The third kappa shape index (κ3) is 6.13. The molecule has 0 saturated carbocycles. The molecule has 3 N–H and O–H groups in total. The molecule has 0 spiro atoms. The summed E-state index contributed by atoms with van der Waals surface area (Å²) in [6.07, 6.45) is 3.79. The number of thiazole rings is 1. The summed E-state index contributed by atoms with van der Waals surface area (Å²) >= 11 is 1.44. The van der Waals surface area contributed by atoms with Gasteiger partial charge in [-0.1, -0.05) is 24.6 Å². The zero-order chi connectivity index (χ0) is 21.5. The van der Waals surface area contributed by atoms with Gasteiger partial charge in [0.2, 0.25) is 0 Å². The topological polar surface area (TPSA) is 86.4 Å². The summed E-state index contributed by atoms with van der Waals surface area (Å²) in [6.45, 7) is 3.06. The average molecular weight is 436 g/mol. The fourth-order valence-corrected chi connectivity index (χ4v) is 4.17. The lowest BCUT2D eigenvalue weighted by Crippen LogP contribution is -2.29. The number of likely N-dealkylation sites (tertiary alicyclic amines) is 1. The normalized spacial score (nSPS) is 14.1. The first-order valence-electron chi connectivity index (χ1n) is 10.4. The van der Waals surface area contributed by atoms with E-state index >= 15 is 0 Å². The van der Waals surface area contributed by atoms with E-state index in [2.05, 4.69) is 25.8 Å². The highest BCUT2D eigenvalue weighted by Crippen LogP contribution is 2.20. The molecule has 0 atom stereocenters. The van der Waals surface area contributed by atoms with Crippen molar-refractivity contribution in [1.82, 2.24) is 9.88 Å². The Balaban J connectivity index is 1.28. The van der Waals surface area contributed by atoms with Gasteiger partial charge in [-0.05, 0) is 62.3 Å². The fraction of sp³-hybridized carbons (Fsp3) is 0.261. The van der Waals surface area contributed by atoms with Gasteiger partial charge < -0.3 is 10.6 Å². The maximum atomic E-state index is 12.5. The number of piperidine rings is 1. The molecule has 1 fully saturated rings. The van der Waals surface area contributed by atoms with Crippen LogP contribution in [0.15, 0.2) is 60.0 Å². The Kier molecular flexibility index (Phi) is 6.91. The van der Waals surface area contributed by atoms with Crippen LogP contribution in [0.2, 0.25) is 0 Å². The van der Waals surface area contributed by atoms with E-state index in [1.807, 2.05) is 35.7 Å². The van der Waals surface area contributed by atoms with Crippen LogP contribution in [0, 0.1) is 0 Å². The number of carbonyl (C=O) groups excluding carboxylic acids is 2. The number of amides is 3. The summed E-state index contributed by atoms with van der Waals surface area (Å²) in [5.41, 5.74) is 2.80. The molecule has 31 heavy (non-hydrogen) atoms. The van der Waals surface area contributed by atoms with Crippen LogP contribution in [0.4, 0.5) is 21.3 Å². The predicted molar refractivity (Wildman–Crippen MR) is 125 cm³/mol. The quantitative estimate of drug-likeness (QED) is 0.507. The number of rotatable bonds is 6. The molecule has 2 heterocycles. The number of urea groups is 1. The number of benzene rings is 2. The second-order valence-electron chi connectivity index (χ2n) is 7.46. The third-order valence-electron chi connectivity index (χ3n) is 5.04. The first kappa shape index (κ1) is 21.0. The third-order valence-corrected chi connectivity index (χ3v) is 5.85. The monoisotopic (exact) mass is 435 g/mol. The molecule has 4 rings (SSSR count). The van der Waals surface area contributed by atoms with Crippen molar-refractivity contribution >= 4 is 39.8 Å². The van der Waals surface area contributed by atoms with Gasteiger partial charge in [0.1, 0.15) is 0 Å². The van der Waals surface area contributed by atoms with Gasteiger partial charge in [-0.15, -0.1) is 11.3 Å². The Bertz CT molecular complexity index is 1010. The van der Waals surface area contributed by atoms with Gasteiger partial charge in [0.15, 0.2) is 5.13 Å². The van der Waals surface area contributed by atoms with Crippen LogP contribution in [-0.4, -0.2) is 34.9 Å². The molecule has 1 aliphatic rings. The minimum absolute atomic E-state index is 0.223. The summed E-state index contributed by atoms with van der Waals surface area (Å²) in [4.78, 5) is 31.6. The van der Waals surface area contributed by atoms with Crippen molar-refractivity contribution in [3.8, 4) is 0 Å². The van der Waals surface area contributed by atoms with E-state index in [-0.39, 0.29) is 11.9 Å². The van der Waals surface area contributed by atoms with Crippen molar-refractivity contribution in [2.24, 2.45) is 0 Å². The Morgan fingerprint density at radius 1 is 0.871 bits per heavy atom. The van der Waals surface area contributed by atoms with E-state index in [4.69, 9.17) is 0 Å². The fourth-order valence-electron chi connectivity index (χ4n) is 3.47. The standard InChI is InChI=1S/C23H25N5O2S/c29-21(27-23-26-20(16-31-23)15-28-13-5-2-6-14-28)17-9-11-19(12-10-17)25-22(30)24-18-7-3-1-4-8-18/h1,3-4,7-12,16H,2,5-6,13-15H2,(H2,24,25,30)(H,26,27,29). The number of hydrogen-bond acceptors (Lipinski definition) is 5. The van der Waals surface area contributed by atoms with Gasteiger partial charge in [0, 0.05) is 28.9 Å². The maximum Gasteiger partial charge on any atom is 0.323 e. The zero-order valence-corrected chi connectivity index (χ0v) is 18.0. The van der Waals surface area contributed by atoms with Gasteiger partial charge in [-0.3, -0.25) is 15.0 Å². The molecule has 8 heteroatoms. The number of para-hydroxylation sites is 1. The number of anilines is 3. The lowest BCUT2D eigenvalue weighted by molar-refractivity contribution is 0.102. The summed E-state index contributed by atoms with van der Waals surface area (Å²) in [6, 6.07) is 15.6. The second-order valence-corrected chi connectivity index (χ2v) is 8.32. The number of nitrogens with zero attached hydrogens (tertiary/aromatic N) is 2. The second kappa shape index (κ2) is 10.2. The first-order chi connectivity index (χ1) is 15.2. The minimum Gasteiger partial charge on any atom is -0.308 e. The Morgan fingerprint density at radius 3 is 2.26 bits per heavy atom. The highest BCUT2D eigenvalue weighted by atomic mass is 32.1. The van der Waals surface area contributed by atoms with E-state index in [0.717, 1.165) is 25.3 Å². The lowest BCUT2D eigenvalue weighted by atomic mass is 10.1. The van der Waals surface area contributed by atoms with E-state index in [9.17, 15) is 9.59 Å². The van der Waals surface area contributed by atoms with Gasteiger partial charge in [-0.2, -0.15) is 0 Å². The number of nitrogens with one attached hydrogen (secondary N) is 3. The van der Waals surface area contributed by atoms with Crippen molar-refractivity contribution in [2.75, 3.05) is 29.0 Å². The largest absolute Gasteiger partial charge is 0.323 e. The van der Waals surface area contributed by atoms with Gasteiger partial charge in [0.05, 0.1) is 5.69 Å². The lowest BCUT2D eigenvalue weighted by Gasteiger charge is -2.25. The van der Waals surface area contributed by atoms with Crippen molar-refractivity contribution in [3.05, 3.63) is 71.2 Å².